The molecule has 0 unspecified atom stereocenters. The SMILES string of the molecule is Cn1cc(-c2ncccc2CNC(=O)C2(c3ccccc3)CCOCC2)cn1. The van der Waals surface area contributed by atoms with Crippen LogP contribution in [0.5, 0.6) is 0 Å². The predicted octanol–water partition coefficient (Wildman–Crippen LogP) is 2.85. The molecule has 0 spiro atoms. The van der Waals surface area contributed by atoms with Crippen molar-refractivity contribution < 1.29 is 9.53 Å². The Bertz CT molecular complexity index is 946. The maximum Gasteiger partial charge on any atom is 0.231 e. The highest BCUT2D eigenvalue weighted by Gasteiger charge is 2.41. The van der Waals surface area contributed by atoms with E-state index in [2.05, 4.69) is 15.4 Å². The van der Waals surface area contributed by atoms with Gasteiger partial charge in [-0.25, -0.2) is 0 Å². The number of aryl methyl sites for hydroxylation is 1. The van der Waals surface area contributed by atoms with Crippen LogP contribution in [0.3, 0.4) is 0 Å². The van der Waals surface area contributed by atoms with E-state index < -0.39 is 5.41 Å². The Labute approximate surface area is 164 Å². The zero-order valence-corrected chi connectivity index (χ0v) is 16.0. The largest absolute Gasteiger partial charge is 0.381 e. The molecule has 1 aliphatic heterocycles. The van der Waals surface area contributed by atoms with E-state index in [1.165, 1.54) is 0 Å². The number of benzene rings is 1. The summed E-state index contributed by atoms with van der Waals surface area (Å²) < 4.78 is 7.29. The Morgan fingerprint density at radius 3 is 2.68 bits per heavy atom. The molecule has 144 valence electrons. The minimum absolute atomic E-state index is 0.0444. The Balaban J connectivity index is 1.57. The topological polar surface area (TPSA) is 69.0 Å². The van der Waals surface area contributed by atoms with E-state index in [0.717, 1.165) is 22.4 Å². The molecule has 1 fully saturated rings. The van der Waals surface area contributed by atoms with Crippen LogP contribution in [-0.4, -0.2) is 33.9 Å². The minimum atomic E-state index is -0.545. The number of ether oxygens (including phenoxy) is 1. The van der Waals surface area contributed by atoms with Gasteiger partial charge >= 0.3 is 0 Å². The van der Waals surface area contributed by atoms with E-state index in [1.54, 1.807) is 17.1 Å². The summed E-state index contributed by atoms with van der Waals surface area (Å²) in [6.45, 7) is 1.61. The quantitative estimate of drug-likeness (QED) is 0.743. The number of rotatable bonds is 5. The first-order valence-corrected chi connectivity index (χ1v) is 9.53. The first kappa shape index (κ1) is 18.4. The summed E-state index contributed by atoms with van der Waals surface area (Å²) in [4.78, 5) is 17.8. The number of hydrogen-bond acceptors (Lipinski definition) is 4. The van der Waals surface area contributed by atoms with Crippen LogP contribution in [0, 0.1) is 0 Å². The van der Waals surface area contributed by atoms with Gasteiger partial charge in [0, 0.05) is 44.8 Å². The van der Waals surface area contributed by atoms with Crippen molar-refractivity contribution in [3.63, 3.8) is 0 Å². The van der Waals surface area contributed by atoms with Gasteiger partial charge in [0.2, 0.25) is 5.91 Å². The molecule has 0 saturated carbocycles. The molecule has 0 bridgehead atoms. The van der Waals surface area contributed by atoms with Crippen molar-refractivity contribution in [2.75, 3.05) is 13.2 Å². The molecule has 1 saturated heterocycles. The lowest BCUT2D eigenvalue weighted by atomic mass is 9.73. The van der Waals surface area contributed by atoms with Crippen molar-refractivity contribution in [2.24, 2.45) is 7.05 Å². The third kappa shape index (κ3) is 3.55. The lowest BCUT2D eigenvalue weighted by Crippen LogP contribution is -2.47. The summed E-state index contributed by atoms with van der Waals surface area (Å²) in [5.41, 5.74) is 3.26. The summed E-state index contributed by atoms with van der Waals surface area (Å²) in [6.07, 6.45) is 6.85. The number of carbonyl (C=O) groups is 1. The van der Waals surface area contributed by atoms with Crippen molar-refractivity contribution in [1.29, 1.82) is 0 Å². The van der Waals surface area contributed by atoms with Crippen LogP contribution in [0.25, 0.3) is 11.3 Å². The number of carbonyl (C=O) groups excluding carboxylic acids is 1. The summed E-state index contributed by atoms with van der Waals surface area (Å²) in [7, 11) is 1.88. The van der Waals surface area contributed by atoms with Gasteiger partial charge in [0.15, 0.2) is 0 Å². The van der Waals surface area contributed by atoms with E-state index >= 15 is 0 Å². The van der Waals surface area contributed by atoms with E-state index in [4.69, 9.17) is 4.74 Å². The summed E-state index contributed by atoms with van der Waals surface area (Å²) in [6, 6.07) is 13.9. The first-order chi connectivity index (χ1) is 13.7. The molecular weight excluding hydrogens is 352 g/mol. The molecular formula is C22H24N4O2. The molecule has 6 heteroatoms. The highest BCUT2D eigenvalue weighted by Crippen LogP contribution is 2.35. The molecule has 3 aromatic rings. The minimum Gasteiger partial charge on any atom is -0.381 e. The number of nitrogens with zero attached hydrogens (tertiary/aromatic N) is 3. The highest BCUT2D eigenvalue weighted by molar-refractivity contribution is 5.88. The standard InChI is InChI=1S/C22H24N4O2/c1-26-16-18(15-25-26)20-17(6-5-11-23-20)14-24-21(27)22(9-12-28-13-10-22)19-7-3-2-4-8-19/h2-8,11,15-16H,9-10,12-14H2,1H3,(H,24,27). The average molecular weight is 376 g/mol. The van der Waals surface area contributed by atoms with Crippen LogP contribution >= 0.6 is 0 Å². The molecule has 0 atom stereocenters. The third-order valence-corrected chi connectivity index (χ3v) is 5.42. The number of amides is 1. The Hall–Kier alpha value is -2.99. The van der Waals surface area contributed by atoms with Gasteiger partial charge in [-0.05, 0) is 30.0 Å². The fraction of sp³-hybridized carbons (Fsp3) is 0.318. The predicted molar refractivity (Wildman–Crippen MR) is 106 cm³/mol. The van der Waals surface area contributed by atoms with Crippen LogP contribution in [-0.2, 0) is 28.5 Å². The second-order valence-corrected chi connectivity index (χ2v) is 7.16. The molecule has 1 amide bonds. The molecule has 6 nitrogen and oxygen atoms in total. The van der Waals surface area contributed by atoms with Crippen LogP contribution in [0.15, 0.2) is 61.1 Å². The van der Waals surface area contributed by atoms with Crippen molar-refractivity contribution in [3.8, 4) is 11.3 Å². The lowest BCUT2D eigenvalue weighted by molar-refractivity contribution is -0.130. The van der Waals surface area contributed by atoms with Crippen molar-refractivity contribution in [3.05, 3.63) is 72.2 Å². The van der Waals surface area contributed by atoms with Gasteiger partial charge in [-0.1, -0.05) is 36.4 Å². The number of pyridine rings is 1. The van der Waals surface area contributed by atoms with Crippen molar-refractivity contribution in [2.45, 2.75) is 24.8 Å². The number of nitrogens with one attached hydrogen (secondary N) is 1. The van der Waals surface area contributed by atoms with Gasteiger partial charge in [-0.15, -0.1) is 0 Å². The fourth-order valence-corrected chi connectivity index (χ4v) is 3.85. The van der Waals surface area contributed by atoms with Crippen LogP contribution in [0.1, 0.15) is 24.0 Å². The molecule has 1 aromatic carbocycles. The average Bonchev–Trinajstić information content (AvgIpc) is 3.19. The molecule has 0 aliphatic carbocycles. The molecule has 2 aromatic heterocycles. The zero-order valence-electron chi connectivity index (χ0n) is 16.0. The van der Waals surface area contributed by atoms with Crippen LogP contribution < -0.4 is 5.32 Å². The second-order valence-electron chi connectivity index (χ2n) is 7.16. The van der Waals surface area contributed by atoms with Gasteiger partial charge < -0.3 is 10.1 Å². The second kappa shape index (κ2) is 7.94. The molecule has 28 heavy (non-hydrogen) atoms. The van der Waals surface area contributed by atoms with Gasteiger partial charge in [-0.2, -0.15) is 5.10 Å². The Kier molecular flexibility index (Phi) is 5.21. The van der Waals surface area contributed by atoms with E-state index in [-0.39, 0.29) is 5.91 Å². The monoisotopic (exact) mass is 376 g/mol. The van der Waals surface area contributed by atoms with Crippen LogP contribution in [0.2, 0.25) is 0 Å². The van der Waals surface area contributed by atoms with E-state index in [0.29, 0.717) is 32.6 Å². The maximum absolute atomic E-state index is 13.3. The van der Waals surface area contributed by atoms with Crippen LogP contribution in [0.4, 0.5) is 0 Å². The van der Waals surface area contributed by atoms with Gasteiger partial charge in [0.05, 0.1) is 17.3 Å². The molecule has 1 aliphatic rings. The highest BCUT2D eigenvalue weighted by atomic mass is 16.5. The lowest BCUT2D eigenvalue weighted by Gasteiger charge is -2.36. The smallest absolute Gasteiger partial charge is 0.231 e. The molecule has 0 radical (unpaired) electrons. The first-order valence-electron chi connectivity index (χ1n) is 9.53. The summed E-state index contributed by atoms with van der Waals surface area (Å²) >= 11 is 0. The van der Waals surface area contributed by atoms with E-state index in [1.807, 2.05) is 55.7 Å². The molecule has 4 rings (SSSR count). The van der Waals surface area contributed by atoms with Gasteiger partial charge in [0.1, 0.15) is 0 Å². The van der Waals surface area contributed by atoms with Crippen molar-refractivity contribution >= 4 is 5.91 Å². The normalized spacial score (nSPS) is 15.9. The summed E-state index contributed by atoms with van der Waals surface area (Å²) in [5, 5.41) is 7.39. The third-order valence-electron chi connectivity index (χ3n) is 5.42. The van der Waals surface area contributed by atoms with Crippen molar-refractivity contribution in [1.82, 2.24) is 20.1 Å². The number of hydrogen-bond donors (Lipinski definition) is 1. The Morgan fingerprint density at radius 1 is 1.18 bits per heavy atom. The number of aromatic nitrogens is 3. The van der Waals surface area contributed by atoms with Gasteiger partial charge in [-0.3, -0.25) is 14.5 Å². The van der Waals surface area contributed by atoms with Gasteiger partial charge in [0.25, 0.3) is 0 Å². The summed E-state index contributed by atoms with van der Waals surface area (Å²) in [5.74, 6) is 0.0444. The Morgan fingerprint density at radius 2 is 1.96 bits per heavy atom. The molecule has 1 N–H and O–H groups in total. The zero-order chi connectivity index (χ0) is 19.4. The maximum atomic E-state index is 13.3. The van der Waals surface area contributed by atoms with E-state index in [9.17, 15) is 4.79 Å². The fourth-order valence-electron chi connectivity index (χ4n) is 3.85. The molecule has 3 heterocycles.